The summed E-state index contributed by atoms with van der Waals surface area (Å²) < 4.78 is 37.2. The van der Waals surface area contributed by atoms with Gasteiger partial charge in [-0.1, -0.05) is 6.07 Å². The molecule has 0 spiro atoms. The summed E-state index contributed by atoms with van der Waals surface area (Å²) in [4.78, 5) is 2.28. The standard InChI is InChI=1S/C19H32N2O4S/c1-15(2)26(22,23)21-11-6-7-17(14-21)20(3)12-10-16-8-9-18(24-4)19(13-16)25-5/h8-9,13,15,17H,6-7,10-12,14H2,1-5H3/t17-/m1/s1. The van der Waals surface area contributed by atoms with Crippen LogP contribution in [0.2, 0.25) is 0 Å². The predicted octanol–water partition coefficient (Wildman–Crippen LogP) is 2.38. The highest BCUT2D eigenvalue weighted by Gasteiger charge is 2.32. The predicted molar refractivity (Wildman–Crippen MR) is 105 cm³/mol. The van der Waals surface area contributed by atoms with Gasteiger partial charge in [-0.3, -0.25) is 0 Å². The van der Waals surface area contributed by atoms with Gasteiger partial charge in [0.1, 0.15) is 0 Å². The molecule has 1 fully saturated rings. The van der Waals surface area contributed by atoms with Crippen LogP contribution in [0.15, 0.2) is 18.2 Å². The van der Waals surface area contributed by atoms with E-state index in [-0.39, 0.29) is 11.3 Å². The molecule has 6 nitrogen and oxygen atoms in total. The van der Waals surface area contributed by atoms with Gasteiger partial charge in [0.25, 0.3) is 0 Å². The van der Waals surface area contributed by atoms with Gasteiger partial charge in [0, 0.05) is 25.7 Å². The lowest BCUT2D eigenvalue weighted by molar-refractivity contribution is 0.164. The average Bonchev–Trinajstić information content (AvgIpc) is 2.65. The van der Waals surface area contributed by atoms with Gasteiger partial charge in [0.05, 0.1) is 19.5 Å². The highest BCUT2D eigenvalue weighted by atomic mass is 32.2. The van der Waals surface area contributed by atoms with Gasteiger partial charge in [-0.05, 0) is 57.9 Å². The second-order valence-electron chi connectivity index (χ2n) is 7.17. The van der Waals surface area contributed by atoms with Crippen LogP contribution in [0.5, 0.6) is 11.5 Å². The van der Waals surface area contributed by atoms with E-state index in [0.29, 0.717) is 13.1 Å². The molecule has 0 radical (unpaired) electrons. The second-order valence-corrected chi connectivity index (χ2v) is 9.66. The van der Waals surface area contributed by atoms with E-state index in [9.17, 15) is 8.42 Å². The Kier molecular flexibility index (Phi) is 7.32. The van der Waals surface area contributed by atoms with Gasteiger partial charge in [-0.25, -0.2) is 12.7 Å². The first-order chi connectivity index (χ1) is 12.3. The number of hydrogen-bond acceptors (Lipinski definition) is 5. The molecule has 0 N–H and O–H groups in total. The van der Waals surface area contributed by atoms with Crippen molar-refractivity contribution < 1.29 is 17.9 Å². The summed E-state index contributed by atoms with van der Waals surface area (Å²) in [5.74, 6) is 1.46. The first kappa shape index (κ1) is 21.0. The molecule has 2 rings (SSSR count). The molecular formula is C19H32N2O4S. The lowest BCUT2D eigenvalue weighted by Gasteiger charge is -2.37. The van der Waals surface area contributed by atoms with Crippen molar-refractivity contribution >= 4 is 10.0 Å². The largest absolute Gasteiger partial charge is 0.493 e. The van der Waals surface area contributed by atoms with Crippen molar-refractivity contribution in [3.63, 3.8) is 0 Å². The zero-order chi connectivity index (χ0) is 19.3. The zero-order valence-corrected chi connectivity index (χ0v) is 17.4. The van der Waals surface area contributed by atoms with E-state index in [1.54, 1.807) is 32.4 Å². The SMILES string of the molecule is COc1ccc(CCN(C)[C@@H]2CCCN(S(=O)(=O)C(C)C)C2)cc1OC. The van der Waals surface area contributed by atoms with Gasteiger partial charge < -0.3 is 14.4 Å². The molecule has 1 aromatic rings. The lowest BCUT2D eigenvalue weighted by Crippen LogP contribution is -2.50. The van der Waals surface area contributed by atoms with Crippen molar-refractivity contribution in [2.45, 2.75) is 44.4 Å². The number of hydrogen-bond donors (Lipinski definition) is 0. The Hall–Kier alpha value is -1.31. The number of ether oxygens (including phenoxy) is 2. The number of rotatable bonds is 8. The van der Waals surface area contributed by atoms with E-state index in [1.807, 2.05) is 18.2 Å². The van der Waals surface area contributed by atoms with Crippen LogP contribution in [0.3, 0.4) is 0 Å². The van der Waals surface area contributed by atoms with Crippen molar-refractivity contribution in [2.24, 2.45) is 0 Å². The van der Waals surface area contributed by atoms with Crippen LogP contribution in [0, 0.1) is 0 Å². The minimum absolute atomic E-state index is 0.261. The summed E-state index contributed by atoms with van der Waals surface area (Å²) in [6, 6.07) is 6.23. The van der Waals surface area contributed by atoms with Gasteiger partial charge in [-0.2, -0.15) is 0 Å². The summed E-state index contributed by atoms with van der Waals surface area (Å²) in [5.41, 5.74) is 1.18. The molecule has 1 heterocycles. The van der Waals surface area contributed by atoms with Crippen LogP contribution >= 0.6 is 0 Å². The van der Waals surface area contributed by atoms with Crippen molar-refractivity contribution in [1.82, 2.24) is 9.21 Å². The second kappa shape index (κ2) is 9.06. The van der Waals surface area contributed by atoms with Crippen molar-refractivity contribution in [3.8, 4) is 11.5 Å². The third kappa shape index (κ3) is 4.90. The highest BCUT2D eigenvalue weighted by molar-refractivity contribution is 7.89. The number of nitrogens with zero attached hydrogens (tertiary/aromatic N) is 2. The molecule has 1 saturated heterocycles. The third-order valence-electron chi connectivity index (χ3n) is 5.14. The maximum Gasteiger partial charge on any atom is 0.216 e. The Morgan fingerprint density at radius 2 is 1.92 bits per heavy atom. The number of likely N-dealkylation sites (N-methyl/N-ethyl adjacent to an activating group) is 1. The van der Waals surface area contributed by atoms with Gasteiger partial charge >= 0.3 is 0 Å². The normalized spacial score (nSPS) is 19.1. The molecule has 0 aromatic heterocycles. The van der Waals surface area contributed by atoms with Gasteiger partial charge in [0.15, 0.2) is 11.5 Å². The van der Waals surface area contributed by atoms with E-state index in [4.69, 9.17) is 9.47 Å². The van der Waals surface area contributed by atoms with E-state index < -0.39 is 10.0 Å². The Morgan fingerprint density at radius 3 is 2.54 bits per heavy atom. The Bertz CT molecular complexity index is 691. The smallest absolute Gasteiger partial charge is 0.216 e. The molecule has 0 unspecified atom stereocenters. The molecule has 1 atom stereocenters. The number of methoxy groups -OCH3 is 2. The maximum absolute atomic E-state index is 12.4. The van der Waals surface area contributed by atoms with Crippen LogP contribution in [-0.4, -0.2) is 69.8 Å². The Balaban J connectivity index is 1.96. The third-order valence-corrected chi connectivity index (χ3v) is 7.38. The number of benzene rings is 1. The summed E-state index contributed by atoms with van der Waals surface area (Å²) in [6.45, 7) is 5.60. The van der Waals surface area contributed by atoms with Crippen LogP contribution < -0.4 is 9.47 Å². The summed E-state index contributed by atoms with van der Waals surface area (Å²) in [5, 5.41) is -0.363. The fourth-order valence-corrected chi connectivity index (χ4v) is 4.69. The average molecular weight is 385 g/mol. The molecule has 0 bridgehead atoms. The topological polar surface area (TPSA) is 59.1 Å². The van der Waals surface area contributed by atoms with Crippen LogP contribution in [-0.2, 0) is 16.4 Å². The molecule has 1 aliphatic rings. The highest BCUT2D eigenvalue weighted by Crippen LogP contribution is 2.28. The molecule has 1 aliphatic heterocycles. The minimum Gasteiger partial charge on any atom is -0.493 e. The zero-order valence-electron chi connectivity index (χ0n) is 16.6. The van der Waals surface area contributed by atoms with Crippen LogP contribution in [0.1, 0.15) is 32.3 Å². The van der Waals surface area contributed by atoms with Crippen molar-refractivity contribution in [3.05, 3.63) is 23.8 Å². The lowest BCUT2D eigenvalue weighted by atomic mass is 10.1. The molecular weight excluding hydrogens is 352 g/mol. The fourth-order valence-electron chi connectivity index (χ4n) is 3.33. The fraction of sp³-hybridized carbons (Fsp3) is 0.684. The van der Waals surface area contributed by atoms with E-state index in [0.717, 1.165) is 37.3 Å². The van der Waals surface area contributed by atoms with Crippen molar-refractivity contribution in [1.29, 1.82) is 0 Å². The van der Waals surface area contributed by atoms with Crippen LogP contribution in [0.4, 0.5) is 0 Å². The minimum atomic E-state index is -3.17. The Morgan fingerprint density at radius 1 is 1.23 bits per heavy atom. The first-order valence-corrected chi connectivity index (χ1v) is 10.7. The molecule has 0 amide bonds. The van der Waals surface area contributed by atoms with Crippen LogP contribution in [0.25, 0.3) is 0 Å². The molecule has 26 heavy (non-hydrogen) atoms. The van der Waals surface area contributed by atoms with Gasteiger partial charge in [0.2, 0.25) is 10.0 Å². The monoisotopic (exact) mass is 384 g/mol. The molecule has 7 heteroatoms. The summed E-state index contributed by atoms with van der Waals surface area (Å²) >= 11 is 0. The maximum atomic E-state index is 12.4. The molecule has 0 saturated carbocycles. The first-order valence-electron chi connectivity index (χ1n) is 9.19. The molecule has 148 valence electrons. The van der Waals surface area contributed by atoms with Gasteiger partial charge in [-0.15, -0.1) is 0 Å². The number of sulfonamides is 1. The Labute approximate surface area is 158 Å². The summed E-state index contributed by atoms with van der Waals surface area (Å²) in [6.07, 6.45) is 2.83. The quantitative estimate of drug-likeness (QED) is 0.689. The molecule has 0 aliphatic carbocycles. The number of piperidine rings is 1. The molecule has 1 aromatic carbocycles. The summed E-state index contributed by atoms with van der Waals surface area (Å²) in [7, 11) is 2.18. The van der Waals surface area contributed by atoms with E-state index in [1.165, 1.54) is 5.56 Å². The van der Waals surface area contributed by atoms with E-state index >= 15 is 0 Å². The van der Waals surface area contributed by atoms with E-state index in [2.05, 4.69) is 11.9 Å². The van der Waals surface area contributed by atoms with Crippen molar-refractivity contribution in [2.75, 3.05) is 40.9 Å².